The van der Waals surface area contributed by atoms with Crippen LogP contribution in [0.1, 0.15) is 28.0 Å². The van der Waals surface area contributed by atoms with E-state index < -0.39 is 12.1 Å². The number of hydrogen-bond acceptors (Lipinski definition) is 9. The van der Waals surface area contributed by atoms with Crippen molar-refractivity contribution in [2.24, 2.45) is 0 Å². The second-order valence-corrected chi connectivity index (χ2v) is 7.68. The van der Waals surface area contributed by atoms with Gasteiger partial charge in [-0.15, -0.1) is 11.3 Å². The number of nitrogens with one attached hydrogen (secondary N) is 1. The SMILES string of the molecule is C=CCOC(=O)c1sc2nc(CN(CCOC)CC(O)COCC)[nH]c(=O)c2c1C. The summed E-state index contributed by atoms with van der Waals surface area (Å²) >= 11 is 1.13. The molecule has 0 amide bonds. The Bertz CT molecular complexity index is 910. The number of aromatic nitrogens is 2. The number of esters is 1. The number of rotatable bonds is 13. The summed E-state index contributed by atoms with van der Waals surface area (Å²) in [5.41, 5.74) is 0.237. The van der Waals surface area contributed by atoms with Crippen molar-refractivity contribution in [3.05, 3.63) is 39.3 Å². The predicted octanol–water partition coefficient (Wildman–Crippen LogP) is 1.48. The fourth-order valence-corrected chi connectivity index (χ4v) is 4.02. The van der Waals surface area contributed by atoms with Crippen LogP contribution in [0.5, 0.6) is 0 Å². The van der Waals surface area contributed by atoms with Crippen molar-refractivity contribution >= 4 is 27.5 Å². The van der Waals surface area contributed by atoms with Crippen LogP contribution in [0.2, 0.25) is 0 Å². The third-order valence-corrected chi connectivity index (χ3v) is 5.50. The summed E-state index contributed by atoms with van der Waals surface area (Å²) in [6.07, 6.45) is 0.811. The Hall–Kier alpha value is -2.11. The zero-order chi connectivity index (χ0) is 22.1. The van der Waals surface area contributed by atoms with E-state index in [1.54, 1.807) is 14.0 Å². The number of methoxy groups -OCH3 is 1. The van der Waals surface area contributed by atoms with E-state index >= 15 is 0 Å². The highest BCUT2D eigenvalue weighted by Gasteiger charge is 2.21. The Morgan fingerprint density at radius 1 is 1.47 bits per heavy atom. The van der Waals surface area contributed by atoms with Gasteiger partial charge in [-0.05, 0) is 19.4 Å². The quantitative estimate of drug-likeness (QED) is 0.356. The maximum absolute atomic E-state index is 12.7. The third-order valence-electron chi connectivity index (χ3n) is 4.34. The van der Waals surface area contributed by atoms with E-state index in [0.717, 1.165) is 11.3 Å². The van der Waals surface area contributed by atoms with Gasteiger partial charge in [-0.3, -0.25) is 9.69 Å². The molecule has 0 fully saturated rings. The third kappa shape index (κ3) is 6.44. The van der Waals surface area contributed by atoms with Gasteiger partial charge in [0.1, 0.15) is 22.1 Å². The van der Waals surface area contributed by atoms with Crippen molar-refractivity contribution in [3.63, 3.8) is 0 Å². The molecule has 0 bridgehead atoms. The van der Waals surface area contributed by atoms with Crippen LogP contribution in [0.4, 0.5) is 0 Å². The van der Waals surface area contributed by atoms with Crippen LogP contribution in [0.25, 0.3) is 10.2 Å². The molecule has 2 aromatic rings. The molecular weight excluding hydrogens is 410 g/mol. The molecule has 10 heteroatoms. The summed E-state index contributed by atoms with van der Waals surface area (Å²) in [4.78, 5) is 35.0. The zero-order valence-corrected chi connectivity index (χ0v) is 18.4. The summed E-state index contributed by atoms with van der Waals surface area (Å²) < 4.78 is 15.5. The highest BCUT2D eigenvalue weighted by Crippen LogP contribution is 2.27. The molecule has 2 rings (SSSR count). The largest absolute Gasteiger partial charge is 0.457 e. The molecular formula is C20H29N3O6S. The van der Waals surface area contributed by atoms with Gasteiger partial charge >= 0.3 is 5.97 Å². The van der Waals surface area contributed by atoms with Crippen LogP contribution in [-0.2, 0) is 20.8 Å². The lowest BCUT2D eigenvalue weighted by Crippen LogP contribution is -2.37. The number of aryl methyl sites for hydroxylation is 1. The maximum Gasteiger partial charge on any atom is 0.348 e. The number of aliphatic hydroxyl groups excluding tert-OH is 1. The van der Waals surface area contributed by atoms with Gasteiger partial charge in [0.25, 0.3) is 5.56 Å². The van der Waals surface area contributed by atoms with E-state index in [0.29, 0.717) is 59.3 Å². The van der Waals surface area contributed by atoms with Crippen LogP contribution in [0.15, 0.2) is 17.4 Å². The Labute approximate surface area is 179 Å². The summed E-state index contributed by atoms with van der Waals surface area (Å²) in [5, 5.41) is 10.6. The van der Waals surface area contributed by atoms with Crippen LogP contribution in [0, 0.1) is 6.92 Å². The molecule has 0 spiro atoms. The first kappa shape index (κ1) is 24.2. The Morgan fingerprint density at radius 3 is 2.90 bits per heavy atom. The summed E-state index contributed by atoms with van der Waals surface area (Å²) in [5.74, 6) is -0.0587. The molecule has 2 heterocycles. The van der Waals surface area contributed by atoms with Crippen LogP contribution in [0.3, 0.4) is 0 Å². The molecule has 1 unspecified atom stereocenters. The molecule has 0 aromatic carbocycles. The maximum atomic E-state index is 12.7. The first-order valence-corrected chi connectivity index (χ1v) is 10.5. The molecule has 9 nitrogen and oxygen atoms in total. The fraction of sp³-hybridized carbons (Fsp3) is 0.550. The highest BCUT2D eigenvalue weighted by molar-refractivity contribution is 7.20. The zero-order valence-electron chi connectivity index (χ0n) is 17.6. The number of fused-ring (bicyclic) bond motifs is 1. The Balaban J connectivity index is 2.25. The van der Waals surface area contributed by atoms with Crippen molar-refractivity contribution in [2.75, 3.05) is 46.6 Å². The van der Waals surface area contributed by atoms with Crippen LogP contribution >= 0.6 is 11.3 Å². The van der Waals surface area contributed by atoms with E-state index in [1.807, 2.05) is 11.8 Å². The molecule has 0 saturated heterocycles. The minimum atomic E-state index is -0.674. The Kier molecular flexibility index (Phi) is 9.60. The topological polar surface area (TPSA) is 114 Å². The van der Waals surface area contributed by atoms with Gasteiger partial charge in [-0.25, -0.2) is 9.78 Å². The summed E-state index contributed by atoms with van der Waals surface area (Å²) in [6, 6.07) is 0. The molecule has 0 saturated carbocycles. The average molecular weight is 440 g/mol. The molecule has 30 heavy (non-hydrogen) atoms. The lowest BCUT2D eigenvalue weighted by atomic mass is 10.2. The van der Waals surface area contributed by atoms with Gasteiger partial charge in [0, 0.05) is 26.8 Å². The standard InChI is InChI=1S/C20H29N3O6S/c1-5-8-29-20(26)17-13(3)16-18(25)21-15(22-19(16)30-17)11-23(7-9-27-4)10-14(24)12-28-6-2/h5,14,24H,1,6-12H2,2-4H3,(H,21,22,25). The van der Waals surface area contributed by atoms with E-state index in [4.69, 9.17) is 14.2 Å². The van der Waals surface area contributed by atoms with Crippen LogP contribution in [-0.4, -0.2) is 78.7 Å². The molecule has 1 atom stereocenters. The van der Waals surface area contributed by atoms with E-state index in [1.165, 1.54) is 6.08 Å². The smallest absolute Gasteiger partial charge is 0.348 e. The second-order valence-electron chi connectivity index (χ2n) is 6.68. The Morgan fingerprint density at radius 2 is 2.23 bits per heavy atom. The number of H-pyrrole nitrogens is 1. The van der Waals surface area contributed by atoms with Crippen molar-refractivity contribution in [2.45, 2.75) is 26.5 Å². The van der Waals surface area contributed by atoms with Gasteiger partial charge in [0.2, 0.25) is 0 Å². The molecule has 0 aliphatic carbocycles. The normalized spacial score (nSPS) is 12.4. The average Bonchev–Trinajstić information content (AvgIpc) is 3.05. The highest BCUT2D eigenvalue weighted by atomic mass is 32.1. The van der Waals surface area contributed by atoms with E-state index in [2.05, 4.69) is 16.5 Å². The van der Waals surface area contributed by atoms with Crippen molar-refractivity contribution < 1.29 is 24.1 Å². The molecule has 0 radical (unpaired) electrons. The van der Waals surface area contributed by atoms with Gasteiger partial charge in [-0.1, -0.05) is 12.7 Å². The molecule has 0 aliphatic heterocycles. The van der Waals surface area contributed by atoms with Crippen molar-refractivity contribution in [1.82, 2.24) is 14.9 Å². The molecule has 0 aliphatic rings. The number of thiophene rings is 1. The van der Waals surface area contributed by atoms with Crippen molar-refractivity contribution in [1.29, 1.82) is 0 Å². The van der Waals surface area contributed by atoms with E-state index in [-0.39, 0.29) is 18.8 Å². The number of aliphatic hydroxyl groups is 1. The molecule has 2 aromatic heterocycles. The number of carbonyl (C=O) groups is 1. The fourth-order valence-electron chi connectivity index (χ4n) is 2.93. The summed E-state index contributed by atoms with van der Waals surface area (Å²) in [7, 11) is 1.60. The first-order chi connectivity index (χ1) is 14.4. The number of nitrogens with zero attached hydrogens (tertiary/aromatic N) is 2. The van der Waals surface area contributed by atoms with Crippen molar-refractivity contribution in [3.8, 4) is 0 Å². The first-order valence-electron chi connectivity index (χ1n) is 9.68. The second kappa shape index (κ2) is 11.9. The lowest BCUT2D eigenvalue weighted by molar-refractivity contribution is 0.0144. The number of ether oxygens (including phenoxy) is 3. The van der Waals surface area contributed by atoms with Gasteiger partial charge in [0.05, 0.1) is 31.2 Å². The molecule has 166 valence electrons. The number of carbonyl (C=O) groups excluding carboxylic acids is 1. The molecule has 2 N–H and O–H groups in total. The van der Waals surface area contributed by atoms with Gasteiger partial charge in [-0.2, -0.15) is 0 Å². The van der Waals surface area contributed by atoms with Gasteiger partial charge < -0.3 is 24.3 Å². The predicted molar refractivity (Wildman–Crippen MR) is 115 cm³/mol. The number of aromatic amines is 1. The lowest BCUT2D eigenvalue weighted by Gasteiger charge is -2.24. The van der Waals surface area contributed by atoms with Crippen LogP contribution < -0.4 is 5.56 Å². The minimum absolute atomic E-state index is 0.0973. The summed E-state index contributed by atoms with van der Waals surface area (Å²) in [6.45, 7) is 9.60. The monoisotopic (exact) mass is 439 g/mol. The minimum Gasteiger partial charge on any atom is -0.457 e. The number of hydrogen-bond donors (Lipinski definition) is 2. The van der Waals surface area contributed by atoms with Gasteiger partial charge in [0.15, 0.2) is 0 Å². The van der Waals surface area contributed by atoms with E-state index in [9.17, 15) is 14.7 Å².